The fourth-order valence-corrected chi connectivity index (χ4v) is 4.80. The molecule has 19 heavy (non-hydrogen) atoms. The first kappa shape index (κ1) is 17.3. The fourth-order valence-electron chi connectivity index (χ4n) is 2.72. The van der Waals surface area contributed by atoms with Gasteiger partial charge in [-0.15, -0.1) is 11.6 Å². The van der Waals surface area contributed by atoms with Gasteiger partial charge >= 0.3 is 0 Å². The van der Waals surface area contributed by atoms with Crippen LogP contribution in [0.2, 0.25) is 0 Å². The molecule has 0 spiro atoms. The van der Waals surface area contributed by atoms with Crippen molar-refractivity contribution in [1.82, 2.24) is 4.31 Å². The molecule has 1 heterocycles. The largest absolute Gasteiger partial charge is 0.214 e. The van der Waals surface area contributed by atoms with E-state index in [4.69, 9.17) is 11.6 Å². The van der Waals surface area contributed by atoms with Crippen LogP contribution in [0.4, 0.5) is 0 Å². The Morgan fingerprint density at radius 3 is 2.42 bits per heavy atom. The minimum absolute atomic E-state index is 0.0216. The van der Waals surface area contributed by atoms with Crippen LogP contribution in [0, 0.1) is 17.3 Å². The van der Waals surface area contributed by atoms with Crippen LogP contribution < -0.4 is 0 Å². The first-order valence-corrected chi connectivity index (χ1v) is 9.35. The third kappa shape index (κ3) is 5.24. The summed E-state index contributed by atoms with van der Waals surface area (Å²) in [4.78, 5) is 0. The van der Waals surface area contributed by atoms with Crippen molar-refractivity contribution in [3.05, 3.63) is 0 Å². The number of halogens is 1. The molecule has 0 aromatic rings. The van der Waals surface area contributed by atoms with Gasteiger partial charge in [0.05, 0.1) is 5.75 Å². The summed E-state index contributed by atoms with van der Waals surface area (Å²) in [6.07, 6.45) is 3.06. The van der Waals surface area contributed by atoms with Gasteiger partial charge in [-0.3, -0.25) is 0 Å². The lowest BCUT2D eigenvalue weighted by Gasteiger charge is -2.29. The molecule has 0 radical (unpaired) electrons. The highest BCUT2D eigenvalue weighted by atomic mass is 35.5. The highest BCUT2D eigenvalue weighted by Crippen LogP contribution is 2.34. The topological polar surface area (TPSA) is 37.4 Å². The first-order valence-electron chi connectivity index (χ1n) is 7.20. The lowest BCUT2D eigenvalue weighted by atomic mass is 9.77. The fraction of sp³-hybridized carbons (Fsp3) is 1.00. The third-order valence-corrected chi connectivity index (χ3v) is 6.73. The molecule has 1 aliphatic heterocycles. The van der Waals surface area contributed by atoms with Crippen molar-refractivity contribution in [3.8, 4) is 0 Å². The van der Waals surface area contributed by atoms with Gasteiger partial charge in [0.2, 0.25) is 10.0 Å². The number of hydrogen-bond donors (Lipinski definition) is 0. The number of sulfonamides is 1. The molecular weight excluding hydrogens is 282 g/mol. The first-order chi connectivity index (χ1) is 8.66. The van der Waals surface area contributed by atoms with Gasteiger partial charge in [-0.25, -0.2) is 12.7 Å². The van der Waals surface area contributed by atoms with E-state index in [1.807, 2.05) is 6.92 Å². The quantitative estimate of drug-likeness (QED) is 0.747. The van der Waals surface area contributed by atoms with E-state index in [0.717, 1.165) is 19.3 Å². The second kappa shape index (κ2) is 6.77. The zero-order chi connectivity index (χ0) is 14.7. The van der Waals surface area contributed by atoms with E-state index in [1.165, 1.54) is 0 Å². The molecule has 0 aromatic heterocycles. The molecule has 0 N–H and O–H groups in total. The number of hydrogen-bond acceptors (Lipinski definition) is 2. The average molecular weight is 310 g/mol. The number of alkyl halides is 1. The van der Waals surface area contributed by atoms with Crippen molar-refractivity contribution < 1.29 is 8.42 Å². The van der Waals surface area contributed by atoms with Gasteiger partial charge in [-0.1, -0.05) is 27.7 Å². The Hall–Kier alpha value is 0.200. The van der Waals surface area contributed by atoms with E-state index in [1.54, 1.807) is 4.31 Å². The van der Waals surface area contributed by atoms with Gasteiger partial charge in [0, 0.05) is 19.0 Å². The summed E-state index contributed by atoms with van der Waals surface area (Å²) in [6.45, 7) is 9.97. The Labute approximate surface area is 123 Å². The maximum atomic E-state index is 12.3. The minimum Gasteiger partial charge on any atom is -0.212 e. The summed E-state index contributed by atoms with van der Waals surface area (Å²) < 4.78 is 26.3. The van der Waals surface area contributed by atoms with Crippen LogP contribution in [0.15, 0.2) is 0 Å². The molecule has 5 heteroatoms. The molecule has 1 aliphatic rings. The maximum Gasteiger partial charge on any atom is 0.214 e. The highest BCUT2D eigenvalue weighted by Gasteiger charge is 2.31. The molecule has 1 saturated heterocycles. The van der Waals surface area contributed by atoms with Crippen LogP contribution in [0.25, 0.3) is 0 Å². The Morgan fingerprint density at radius 2 is 1.89 bits per heavy atom. The lowest BCUT2D eigenvalue weighted by molar-refractivity contribution is 0.216. The van der Waals surface area contributed by atoms with Crippen molar-refractivity contribution in [2.45, 2.75) is 47.0 Å². The summed E-state index contributed by atoms with van der Waals surface area (Å²) in [7, 11) is -3.14. The van der Waals surface area contributed by atoms with Gasteiger partial charge in [0.1, 0.15) is 0 Å². The van der Waals surface area contributed by atoms with Crippen LogP contribution in [0.5, 0.6) is 0 Å². The Morgan fingerprint density at radius 1 is 1.26 bits per heavy atom. The summed E-state index contributed by atoms with van der Waals surface area (Å²) in [6, 6.07) is 0. The van der Waals surface area contributed by atoms with Crippen molar-refractivity contribution >= 4 is 21.6 Å². The van der Waals surface area contributed by atoms with Gasteiger partial charge in [0.15, 0.2) is 0 Å². The molecule has 0 saturated carbocycles. The standard InChI is InChI=1S/C14H28ClNO2S/c1-12(10-15)11-19(17,18)16-8-5-6-13(7-9-16)14(2,3)4/h12-13H,5-11H2,1-4H3. The molecule has 2 unspecified atom stereocenters. The second-order valence-electron chi connectivity index (χ2n) is 6.93. The molecule has 1 rings (SSSR count). The smallest absolute Gasteiger partial charge is 0.212 e. The summed E-state index contributed by atoms with van der Waals surface area (Å²) in [5, 5.41) is 0. The van der Waals surface area contributed by atoms with Gasteiger partial charge in [0.25, 0.3) is 0 Å². The zero-order valence-electron chi connectivity index (χ0n) is 12.7. The lowest BCUT2D eigenvalue weighted by Crippen LogP contribution is -2.36. The summed E-state index contributed by atoms with van der Waals surface area (Å²) in [5.41, 5.74) is 0.267. The van der Waals surface area contributed by atoms with Crippen LogP contribution in [0.3, 0.4) is 0 Å². The predicted molar refractivity (Wildman–Crippen MR) is 82.0 cm³/mol. The zero-order valence-corrected chi connectivity index (χ0v) is 14.2. The van der Waals surface area contributed by atoms with Crippen LogP contribution in [-0.4, -0.2) is 37.4 Å². The molecule has 114 valence electrons. The average Bonchev–Trinajstić information content (AvgIpc) is 2.53. The molecule has 0 bridgehead atoms. The molecular formula is C14H28ClNO2S. The third-order valence-electron chi connectivity index (χ3n) is 4.06. The van der Waals surface area contributed by atoms with Crippen molar-refractivity contribution in [2.24, 2.45) is 17.3 Å². The molecule has 2 atom stereocenters. The summed E-state index contributed by atoms with van der Waals surface area (Å²) in [5.74, 6) is 1.21. The Balaban J connectivity index is 2.67. The van der Waals surface area contributed by atoms with Crippen molar-refractivity contribution in [1.29, 1.82) is 0 Å². The normalized spacial score (nSPS) is 25.0. The maximum absolute atomic E-state index is 12.3. The van der Waals surface area contributed by atoms with Crippen LogP contribution in [-0.2, 0) is 10.0 Å². The molecule has 0 aliphatic carbocycles. The molecule has 0 aromatic carbocycles. The SMILES string of the molecule is CC(CCl)CS(=O)(=O)N1CCCC(C(C)(C)C)CC1. The van der Waals surface area contributed by atoms with E-state index in [2.05, 4.69) is 20.8 Å². The molecule has 0 amide bonds. The predicted octanol–water partition coefficient (Wildman–Crippen LogP) is 3.34. The monoisotopic (exact) mass is 309 g/mol. The van der Waals surface area contributed by atoms with E-state index < -0.39 is 10.0 Å². The van der Waals surface area contributed by atoms with E-state index >= 15 is 0 Å². The van der Waals surface area contributed by atoms with Gasteiger partial charge in [-0.2, -0.15) is 0 Å². The van der Waals surface area contributed by atoms with Crippen LogP contribution in [0.1, 0.15) is 47.0 Å². The van der Waals surface area contributed by atoms with Crippen LogP contribution >= 0.6 is 11.6 Å². The Kier molecular flexibility index (Phi) is 6.15. The van der Waals surface area contributed by atoms with E-state index in [0.29, 0.717) is 24.9 Å². The van der Waals surface area contributed by atoms with Crippen molar-refractivity contribution in [3.63, 3.8) is 0 Å². The Bertz CT molecular complexity index is 375. The van der Waals surface area contributed by atoms with Crippen molar-refractivity contribution in [2.75, 3.05) is 24.7 Å². The minimum atomic E-state index is -3.14. The second-order valence-corrected chi connectivity index (χ2v) is 9.25. The van der Waals surface area contributed by atoms with Gasteiger partial charge in [-0.05, 0) is 36.5 Å². The number of rotatable bonds is 4. The van der Waals surface area contributed by atoms with E-state index in [9.17, 15) is 8.42 Å². The van der Waals surface area contributed by atoms with E-state index in [-0.39, 0.29) is 17.1 Å². The highest BCUT2D eigenvalue weighted by molar-refractivity contribution is 7.89. The van der Waals surface area contributed by atoms with Gasteiger partial charge < -0.3 is 0 Å². The number of nitrogens with zero attached hydrogens (tertiary/aromatic N) is 1. The summed E-state index contributed by atoms with van der Waals surface area (Å²) >= 11 is 5.73. The molecule has 1 fully saturated rings. The molecule has 3 nitrogen and oxygen atoms in total.